The minimum absolute atomic E-state index is 0.0389. The molecule has 0 saturated carbocycles. The van der Waals surface area contributed by atoms with Crippen LogP contribution in [0, 0.1) is 10.8 Å². The van der Waals surface area contributed by atoms with Crippen LogP contribution in [0.25, 0.3) is 10.9 Å². The van der Waals surface area contributed by atoms with Crippen molar-refractivity contribution in [1.82, 2.24) is 14.3 Å². The van der Waals surface area contributed by atoms with Gasteiger partial charge in [-0.2, -0.15) is 18.3 Å². The minimum Gasteiger partial charge on any atom is -0.324 e. The number of rotatable bonds is 5. The van der Waals surface area contributed by atoms with Crippen LogP contribution in [0.2, 0.25) is 0 Å². The van der Waals surface area contributed by atoms with Gasteiger partial charge in [-0.25, -0.2) is 0 Å². The molecule has 3 N–H and O–H groups in total. The largest absolute Gasteiger partial charge is 0.416 e. The fourth-order valence-corrected chi connectivity index (χ4v) is 3.04. The van der Waals surface area contributed by atoms with Crippen molar-refractivity contribution >= 4 is 28.8 Å². The molecule has 31 heavy (non-hydrogen) atoms. The molecule has 3 aromatic rings. The average Bonchev–Trinajstić information content (AvgIpc) is 2.70. The SMILES string of the molecule is CC(C)n1nc(CC(=O)Nc2ccc(=N)n(C=N)c2)c(=O)c2ccc(C(F)(F)F)cc21. The van der Waals surface area contributed by atoms with E-state index in [-0.39, 0.29) is 28.1 Å². The van der Waals surface area contributed by atoms with Gasteiger partial charge >= 0.3 is 6.18 Å². The van der Waals surface area contributed by atoms with Gasteiger partial charge in [0.25, 0.3) is 0 Å². The number of anilines is 1. The van der Waals surface area contributed by atoms with Crippen molar-refractivity contribution in [3.05, 3.63) is 63.5 Å². The molecule has 1 aromatic carbocycles. The first kappa shape index (κ1) is 21.9. The van der Waals surface area contributed by atoms with E-state index in [2.05, 4.69) is 10.4 Å². The number of carbonyl (C=O) groups is 1. The fraction of sp³-hybridized carbons (Fsp3) is 0.250. The fourth-order valence-electron chi connectivity index (χ4n) is 3.04. The molecular weight excluding hydrogens is 413 g/mol. The Morgan fingerprint density at radius 1 is 1.26 bits per heavy atom. The van der Waals surface area contributed by atoms with Crippen LogP contribution in [0.1, 0.15) is 31.1 Å². The number of hydrogen-bond acceptors (Lipinski definition) is 5. The van der Waals surface area contributed by atoms with Gasteiger partial charge in [-0.3, -0.25) is 29.7 Å². The third-order valence-corrected chi connectivity index (χ3v) is 4.52. The third kappa shape index (κ3) is 4.55. The summed E-state index contributed by atoms with van der Waals surface area (Å²) in [6.07, 6.45) is -2.69. The molecule has 0 aliphatic heterocycles. The summed E-state index contributed by atoms with van der Waals surface area (Å²) >= 11 is 0. The molecule has 0 saturated heterocycles. The van der Waals surface area contributed by atoms with Crippen molar-refractivity contribution in [2.75, 3.05) is 5.32 Å². The van der Waals surface area contributed by atoms with E-state index in [1.807, 2.05) is 0 Å². The highest BCUT2D eigenvalue weighted by atomic mass is 19.4. The van der Waals surface area contributed by atoms with Crippen LogP contribution in [0.3, 0.4) is 0 Å². The van der Waals surface area contributed by atoms with Crippen molar-refractivity contribution < 1.29 is 18.0 Å². The Bertz CT molecular complexity index is 1290. The summed E-state index contributed by atoms with van der Waals surface area (Å²) in [7, 11) is 0. The Balaban J connectivity index is 1.99. The molecule has 162 valence electrons. The Hall–Kier alpha value is -3.76. The number of benzene rings is 1. The normalized spacial score (nSPS) is 11.7. The molecular formula is C20H19F3N6O2. The van der Waals surface area contributed by atoms with Gasteiger partial charge in [0, 0.05) is 17.6 Å². The lowest BCUT2D eigenvalue weighted by atomic mass is 10.1. The predicted octanol–water partition coefficient (Wildman–Crippen LogP) is 2.91. The van der Waals surface area contributed by atoms with Crippen LogP contribution in [-0.2, 0) is 17.4 Å². The maximum atomic E-state index is 13.1. The molecule has 8 nitrogen and oxygen atoms in total. The van der Waals surface area contributed by atoms with E-state index in [0.29, 0.717) is 5.69 Å². The van der Waals surface area contributed by atoms with Gasteiger partial charge in [0.2, 0.25) is 11.3 Å². The lowest BCUT2D eigenvalue weighted by Crippen LogP contribution is -2.26. The summed E-state index contributed by atoms with van der Waals surface area (Å²) < 4.78 is 41.8. The molecule has 0 atom stereocenters. The van der Waals surface area contributed by atoms with Crippen molar-refractivity contribution in [3.8, 4) is 0 Å². The number of nitrogens with one attached hydrogen (secondary N) is 3. The number of alkyl halides is 3. The van der Waals surface area contributed by atoms with Crippen LogP contribution in [-0.4, -0.2) is 26.6 Å². The standard InChI is InChI=1S/C20H19F3N6O2/c1-11(2)29-16-7-12(20(21,22)23)3-5-14(16)19(31)15(27-29)8-18(30)26-13-4-6-17(25)28(9-13)10-24/h3-7,9-11,24-25H,8H2,1-2H3,(H,26,30). The van der Waals surface area contributed by atoms with E-state index in [9.17, 15) is 22.8 Å². The minimum atomic E-state index is -4.56. The maximum Gasteiger partial charge on any atom is 0.416 e. The van der Waals surface area contributed by atoms with Crippen LogP contribution < -0.4 is 16.2 Å². The van der Waals surface area contributed by atoms with Crippen LogP contribution in [0.4, 0.5) is 18.9 Å². The quantitative estimate of drug-likeness (QED) is 0.425. The highest BCUT2D eigenvalue weighted by Crippen LogP contribution is 2.31. The molecule has 2 heterocycles. The first-order chi connectivity index (χ1) is 14.5. The molecule has 3 rings (SSSR count). The van der Waals surface area contributed by atoms with E-state index in [1.54, 1.807) is 13.8 Å². The number of hydrogen-bond donors (Lipinski definition) is 3. The van der Waals surface area contributed by atoms with E-state index in [4.69, 9.17) is 10.8 Å². The summed E-state index contributed by atoms with van der Waals surface area (Å²) in [6, 6.07) is 5.31. The molecule has 0 unspecified atom stereocenters. The van der Waals surface area contributed by atoms with Gasteiger partial charge in [0.15, 0.2) is 0 Å². The Morgan fingerprint density at radius 2 is 1.97 bits per heavy atom. The van der Waals surface area contributed by atoms with Crippen LogP contribution >= 0.6 is 0 Å². The number of pyridine rings is 1. The molecule has 2 aromatic heterocycles. The first-order valence-electron chi connectivity index (χ1n) is 9.21. The Kier molecular flexibility index (Phi) is 5.78. The van der Waals surface area contributed by atoms with Crippen LogP contribution in [0.15, 0.2) is 41.3 Å². The molecule has 0 aliphatic rings. The van der Waals surface area contributed by atoms with Crippen LogP contribution in [0.5, 0.6) is 0 Å². The number of halogens is 3. The number of fused-ring (bicyclic) bond motifs is 1. The second-order valence-electron chi connectivity index (χ2n) is 7.11. The summed E-state index contributed by atoms with van der Waals surface area (Å²) in [5.41, 5.74) is -1.22. The zero-order valence-electron chi connectivity index (χ0n) is 16.6. The summed E-state index contributed by atoms with van der Waals surface area (Å²) in [5.74, 6) is -0.569. The zero-order valence-corrected chi connectivity index (χ0v) is 16.6. The zero-order chi connectivity index (χ0) is 22.9. The van der Waals surface area contributed by atoms with Crippen molar-refractivity contribution in [2.24, 2.45) is 0 Å². The third-order valence-electron chi connectivity index (χ3n) is 4.52. The molecule has 11 heteroatoms. The molecule has 1 amide bonds. The highest BCUT2D eigenvalue weighted by molar-refractivity contribution is 5.92. The van der Waals surface area contributed by atoms with Crippen molar-refractivity contribution in [1.29, 1.82) is 10.8 Å². The van der Waals surface area contributed by atoms with Gasteiger partial charge < -0.3 is 5.32 Å². The summed E-state index contributed by atoms with van der Waals surface area (Å²) in [6.45, 7) is 3.42. The molecule has 0 bridgehead atoms. The first-order valence-corrected chi connectivity index (χ1v) is 9.21. The van der Waals surface area contributed by atoms with Gasteiger partial charge in [-0.1, -0.05) is 0 Å². The maximum absolute atomic E-state index is 13.1. The number of nitrogens with zero attached hydrogens (tertiary/aromatic N) is 3. The number of aromatic nitrogens is 3. The van der Waals surface area contributed by atoms with E-state index in [1.165, 1.54) is 27.6 Å². The van der Waals surface area contributed by atoms with Gasteiger partial charge in [-0.15, -0.1) is 0 Å². The lowest BCUT2D eigenvalue weighted by Gasteiger charge is -2.17. The van der Waals surface area contributed by atoms with Gasteiger partial charge in [0.05, 0.1) is 29.5 Å². The summed E-state index contributed by atoms with van der Waals surface area (Å²) in [5, 5.41) is 21.6. The van der Waals surface area contributed by atoms with Gasteiger partial charge in [0.1, 0.15) is 11.2 Å². The Labute approximate surface area is 174 Å². The number of carbonyl (C=O) groups excluding carboxylic acids is 1. The molecule has 0 spiro atoms. The van der Waals surface area contributed by atoms with E-state index in [0.717, 1.165) is 24.5 Å². The average molecular weight is 432 g/mol. The molecule has 0 fully saturated rings. The van der Waals surface area contributed by atoms with Crippen molar-refractivity contribution in [2.45, 2.75) is 32.5 Å². The topological polar surface area (TPSA) is 117 Å². The second-order valence-corrected chi connectivity index (χ2v) is 7.11. The van der Waals surface area contributed by atoms with E-state index < -0.39 is 29.5 Å². The van der Waals surface area contributed by atoms with Gasteiger partial charge in [-0.05, 0) is 44.2 Å². The summed E-state index contributed by atoms with van der Waals surface area (Å²) in [4.78, 5) is 25.3. The molecule has 0 aliphatic carbocycles. The highest BCUT2D eigenvalue weighted by Gasteiger charge is 2.31. The van der Waals surface area contributed by atoms with Crippen molar-refractivity contribution in [3.63, 3.8) is 0 Å². The number of amides is 1. The second kappa shape index (κ2) is 8.17. The monoisotopic (exact) mass is 432 g/mol. The molecule has 0 radical (unpaired) electrons. The predicted molar refractivity (Wildman–Crippen MR) is 108 cm³/mol. The van der Waals surface area contributed by atoms with E-state index >= 15 is 0 Å². The Morgan fingerprint density at radius 3 is 2.58 bits per heavy atom. The lowest BCUT2D eigenvalue weighted by molar-refractivity contribution is -0.137. The smallest absolute Gasteiger partial charge is 0.324 e.